The topological polar surface area (TPSA) is 78.1 Å². The molecule has 6 heteroatoms. The van der Waals surface area contributed by atoms with Crippen LogP contribution in [0, 0.1) is 5.92 Å². The summed E-state index contributed by atoms with van der Waals surface area (Å²) in [5.41, 5.74) is -0.124. The van der Waals surface area contributed by atoms with Crippen LogP contribution in [-0.2, 0) is 11.2 Å². The molecule has 2 unspecified atom stereocenters. The van der Waals surface area contributed by atoms with Gasteiger partial charge in [0, 0.05) is 25.6 Å². The Labute approximate surface area is 111 Å². The van der Waals surface area contributed by atoms with Crippen molar-refractivity contribution in [2.75, 3.05) is 18.0 Å². The van der Waals surface area contributed by atoms with Gasteiger partial charge in [-0.25, -0.2) is 4.98 Å². The van der Waals surface area contributed by atoms with Crippen LogP contribution in [0.1, 0.15) is 25.6 Å². The molecule has 2 saturated heterocycles. The van der Waals surface area contributed by atoms with Crippen LogP contribution >= 0.6 is 0 Å². The standard InChI is InChI=1S/C13H18N4O2/c1-2-10-15-11(6-12(18)16-10)17-5-3-4-8-9(17)7-14-13(8)19/h6,8-9H,2-5,7H2,1H3,(H,14,19)(H,15,16,18). The van der Waals surface area contributed by atoms with E-state index in [0.717, 1.165) is 19.4 Å². The lowest BCUT2D eigenvalue weighted by Crippen LogP contribution is -2.46. The van der Waals surface area contributed by atoms with Crippen LogP contribution in [0.4, 0.5) is 5.82 Å². The van der Waals surface area contributed by atoms with E-state index in [4.69, 9.17) is 0 Å². The molecule has 1 aromatic heterocycles. The Hall–Kier alpha value is -1.85. The Balaban J connectivity index is 1.95. The zero-order chi connectivity index (χ0) is 13.4. The van der Waals surface area contributed by atoms with E-state index >= 15 is 0 Å². The average molecular weight is 262 g/mol. The Morgan fingerprint density at radius 1 is 1.47 bits per heavy atom. The second kappa shape index (κ2) is 4.68. The Kier molecular flexibility index (Phi) is 3.00. The lowest BCUT2D eigenvalue weighted by Gasteiger charge is -2.36. The number of carbonyl (C=O) groups is 1. The molecular weight excluding hydrogens is 244 g/mol. The summed E-state index contributed by atoms with van der Waals surface area (Å²) in [6, 6.07) is 1.67. The molecule has 1 amide bonds. The van der Waals surface area contributed by atoms with Crippen LogP contribution in [0.15, 0.2) is 10.9 Å². The molecule has 1 aromatic rings. The number of hydrogen-bond acceptors (Lipinski definition) is 4. The predicted molar refractivity (Wildman–Crippen MR) is 71.1 cm³/mol. The summed E-state index contributed by atoms with van der Waals surface area (Å²) in [7, 11) is 0. The molecule has 2 aliphatic heterocycles. The summed E-state index contributed by atoms with van der Waals surface area (Å²) in [5, 5.41) is 2.91. The maximum absolute atomic E-state index is 11.7. The van der Waals surface area contributed by atoms with Gasteiger partial charge in [-0.2, -0.15) is 0 Å². The number of H-pyrrole nitrogens is 1. The van der Waals surface area contributed by atoms with E-state index in [1.807, 2.05) is 6.92 Å². The Morgan fingerprint density at radius 2 is 2.32 bits per heavy atom. The van der Waals surface area contributed by atoms with Gasteiger partial charge in [0.05, 0.1) is 12.0 Å². The van der Waals surface area contributed by atoms with Crippen LogP contribution < -0.4 is 15.8 Å². The number of aromatic amines is 1. The van der Waals surface area contributed by atoms with E-state index in [0.29, 0.717) is 24.6 Å². The number of piperidine rings is 1. The molecular formula is C13H18N4O2. The first-order chi connectivity index (χ1) is 9.19. The van der Waals surface area contributed by atoms with E-state index in [2.05, 4.69) is 20.2 Å². The van der Waals surface area contributed by atoms with Crippen molar-refractivity contribution in [1.82, 2.24) is 15.3 Å². The van der Waals surface area contributed by atoms with Crippen molar-refractivity contribution >= 4 is 11.7 Å². The van der Waals surface area contributed by atoms with Gasteiger partial charge >= 0.3 is 0 Å². The minimum Gasteiger partial charge on any atom is -0.354 e. The molecule has 0 bridgehead atoms. The van der Waals surface area contributed by atoms with Crippen molar-refractivity contribution in [3.8, 4) is 0 Å². The van der Waals surface area contributed by atoms with Gasteiger partial charge in [0.25, 0.3) is 5.56 Å². The maximum Gasteiger partial charge on any atom is 0.252 e. The third kappa shape index (κ3) is 2.11. The fraction of sp³-hybridized carbons (Fsp3) is 0.615. The molecule has 2 aliphatic rings. The quantitative estimate of drug-likeness (QED) is 0.789. The van der Waals surface area contributed by atoms with Crippen molar-refractivity contribution in [2.24, 2.45) is 5.92 Å². The predicted octanol–water partition coefficient (Wildman–Crippen LogP) is 0.0471. The molecule has 0 aliphatic carbocycles. The highest BCUT2D eigenvalue weighted by Gasteiger charge is 2.41. The Morgan fingerprint density at radius 3 is 3.11 bits per heavy atom. The summed E-state index contributed by atoms with van der Waals surface area (Å²) in [6.45, 7) is 3.47. The number of carbonyl (C=O) groups excluding carboxylic acids is 1. The number of rotatable bonds is 2. The zero-order valence-electron chi connectivity index (χ0n) is 11.0. The maximum atomic E-state index is 11.7. The number of anilines is 1. The number of amides is 1. The van der Waals surface area contributed by atoms with E-state index < -0.39 is 0 Å². The van der Waals surface area contributed by atoms with Crippen molar-refractivity contribution in [3.05, 3.63) is 22.2 Å². The van der Waals surface area contributed by atoms with E-state index in [1.165, 1.54) is 6.07 Å². The fourth-order valence-electron chi connectivity index (χ4n) is 3.04. The highest BCUT2D eigenvalue weighted by atomic mass is 16.2. The molecule has 0 spiro atoms. The summed E-state index contributed by atoms with van der Waals surface area (Å²) in [4.78, 5) is 32.7. The molecule has 0 saturated carbocycles. The monoisotopic (exact) mass is 262 g/mol. The first-order valence-corrected chi connectivity index (χ1v) is 6.83. The van der Waals surface area contributed by atoms with Crippen molar-refractivity contribution in [1.29, 1.82) is 0 Å². The van der Waals surface area contributed by atoms with Gasteiger partial charge < -0.3 is 15.2 Å². The zero-order valence-corrected chi connectivity index (χ0v) is 11.0. The lowest BCUT2D eigenvalue weighted by atomic mass is 9.91. The number of fused-ring (bicyclic) bond motifs is 1. The van der Waals surface area contributed by atoms with Crippen LogP contribution in [0.5, 0.6) is 0 Å². The van der Waals surface area contributed by atoms with Gasteiger partial charge in [-0.1, -0.05) is 6.92 Å². The van der Waals surface area contributed by atoms with Crippen molar-refractivity contribution in [3.63, 3.8) is 0 Å². The SMILES string of the molecule is CCc1nc(N2CCCC3C(=O)NCC32)cc(=O)[nH]1. The van der Waals surface area contributed by atoms with Gasteiger partial charge in [0.15, 0.2) is 0 Å². The summed E-state index contributed by atoms with van der Waals surface area (Å²) < 4.78 is 0. The van der Waals surface area contributed by atoms with E-state index in [9.17, 15) is 9.59 Å². The van der Waals surface area contributed by atoms with E-state index in [-0.39, 0.29) is 23.4 Å². The number of nitrogens with zero attached hydrogens (tertiary/aromatic N) is 2. The van der Waals surface area contributed by atoms with Gasteiger partial charge in [-0.3, -0.25) is 9.59 Å². The summed E-state index contributed by atoms with van der Waals surface area (Å²) in [6.07, 6.45) is 2.59. The molecule has 0 radical (unpaired) electrons. The average Bonchev–Trinajstić information content (AvgIpc) is 2.80. The van der Waals surface area contributed by atoms with Gasteiger partial charge in [0.2, 0.25) is 5.91 Å². The molecule has 3 rings (SSSR count). The largest absolute Gasteiger partial charge is 0.354 e. The lowest BCUT2D eigenvalue weighted by molar-refractivity contribution is -0.122. The number of aryl methyl sites for hydroxylation is 1. The van der Waals surface area contributed by atoms with Crippen LogP contribution in [0.25, 0.3) is 0 Å². The first-order valence-electron chi connectivity index (χ1n) is 6.83. The van der Waals surface area contributed by atoms with Gasteiger partial charge in [-0.15, -0.1) is 0 Å². The highest BCUT2D eigenvalue weighted by Crippen LogP contribution is 2.30. The fourth-order valence-corrected chi connectivity index (χ4v) is 3.04. The highest BCUT2D eigenvalue weighted by molar-refractivity contribution is 5.83. The first kappa shape index (κ1) is 12.2. The molecule has 2 fully saturated rings. The number of hydrogen-bond donors (Lipinski definition) is 2. The molecule has 6 nitrogen and oxygen atoms in total. The summed E-state index contributed by atoms with van der Waals surface area (Å²) >= 11 is 0. The molecule has 0 aromatic carbocycles. The second-order valence-electron chi connectivity index (χ2n) is 5.16. The Bertz CT molecular complexity index is 554. The second-order valence-corrected chi connectivity index (χ2v) is 5.16. The van der Waals surface area contributed by atoms with E-state index in [1.54, 1.807) is 0 Å². The van der Waals surface area contributed by atoms with Crippen LogP contribution in [0.3, 0.4) is 0 Å². The molecule has 2 N–H and O–H groups in total. The van der Waals surface area contributed by atoms with Crippen molar-refractivity contribution in [2.45, 2.75) is 32.2 Å². The molecule has 3 heterocycles. The third-order valence-electron chi connectivity index (χ3n) is 4.01. The minimum atomic E-state index is -0.124. The normalized spacial score (nSPS) is 26.2. The smallest absolute Gasteiger partial charge is 0.252 e. The molecule has 102 valence electrons. The number of aromatic nitrogens is 2. The third-order valence-corrected chi connectivity index (χ3v) is 4.01. The van der Waals surface area contributed by atoms with Crippen LogP contribution in [-0.4, -0.2) is 35.0 Å². The van der Waals surface area contributed by atoms with Crippen molar-refractivity contribution < 1.29 is 4.79 Å². The van der Waals surface area contributed by atoms with Gasteiger partial charge in [0.1, 0.15) is 11.6 Å². The summed E-state index contributed by atoms with van der Waals surface area (Å²) in [5.74, 6) is 1.57. The number of nitrogens with one attached hydrogen (secondary N) is 2. The minimum absolute atomic E-state index is 0.0416. The molecule has 2 atom stereocenters. The van der Waals surface area contributed by atoms with Gasteiger partial charge in [-0.05, 0) is 12.8 Å². The molecule has 19 heavy (non-hydrogen) atoms. The van der Waals surface area contributed by atoms with Crippen LogP contribution in [0.2, 0.25) is 0 Å².